The van der Waals surface area contributed by atoms with Gasteiger partial charge in [-0.3, -0.25) is 4.79 Å². The molecule has 3 aromatic rings. The second-order valence-electron chi connectivity index (χ2n) is 5.36. The van der Waals surface area contributed by atoms with Crippen LogP contribution in [0, 0.1) is 0 Å². The third kappa shape index (κ3) is 3.44. The van der Waals surface area contributed by atoms with E-state index in [2.05, 4.69) is 37.2 Å². The first-order chi connectivity index (χ1) is 11.5. The van der Waals surface area contributed by atoms with Crippen LogP contribution in [-0.2, 0) is 0 Å². The van der Waals surface area contributed by atoms with Gasteiger partial charge in [0.15, 0.2) is 5.58 Å². The first kappa shape index (κ1) is 16.9. The molecule has 0 radical (unpaired) electrons. The van der Waals surface area contributed by atoms with Gasteiger partial charge in [-0.1, -0.05) is 46.3 Å². The van der Waals surface area contributed by atoms with Gasteiger partial charge in [-0.2, -0.15) is 0 Å². The summed E-state index contributed by atoms with van der Waals surface area (Å²) in [6, 6.07) is 14.4. The Hall–Kier alpha value is -1.92. The Kier molecular flexibility index (Phi) is 4.87. The SMILES string of the molecule is C[C@H](NC(=O)c1cc2cc(Br)cc(Br)c2oc1=O)c1ccccc1. The van der Waals surface area contributed by atoms with Gasteiger partial charge in [0.05, 0.1) is 10.5 Å². The van der Waals surface area contributed by atoms with Crippen molar-refractivity contribution in [2.24, 2.45) is 0 Å². The van der Waals surface area contributed by atoms with Crippen LogP contribution in [0.2, 0.25) is 0 Å². The number of fused-ring (bicyclic) bond motifs is 1. The van der Waals surface area contributed by atoms with Crippen molar-refractivity contribution in [1.29, 1.82) is 0 Å². The summed E-state index contributed by atoms with van der Waals surface area (Å²) in [5.41, 5.74) is 0.691. The van der Waals surface area contributed by atoms with E-state index in [0.29, 0.717) is 15.4 Å². The topological polar surface area (TPSA) is 59.3 Å². The van der Waals surface area contributed by atoms with E-state index in [0.717, 1.165) is 10.0 Å². The zero-order valence-electron chi connectivity index (χ0n) is 12.7. The van der Waals surface area contributed by atoms with E-state index in [1.807, 2.05) is 37.3 Å². The van der Waals surface area contributed by atoms with E-state index in [9.17, 15) is 9.59 Å². The van der Waals surface area contributed by atoms with Crippen molar-refractivity contribution in [3.63, 3.8) is 0 Å². The Morgan fingerprint density at radius 3 is 2.54 bits per heavy atom. The minimum Gasteiger partial charge on any atom is -0.421 e. The number of hydrogen-bond donors (Lipinski definition) is 1. The van der Waals surface area contributed by atoms with Crippen LogP contribution in [-0.4, -0.2) is 5.91 Å². The van der Waals surface area contributed by atoms with Crippen LogP contribution < -0.4 is 10.9 Å². The quantitative estimate of drug-likeness (QED) is 0.582. The standard InChI is InChI=1S/C18H13Br2NO3/c1-10(11-5-3-2-4-6-11)21-17(22)14-8-12-7-13(19)9-15(20)16(12)24-18(14)23/h2-10H,1H3,(H,21,22)/t10-/m0/s1. The molecule has 0 bridgehead atoms. The highest BCUT2D eigenvalue weighted by molar-refractivity contribution is 9.11. The van der Waals surface area contributed by atoms with Crippen molar-refractivity contribution in [3.05, 3.63) is 79.0 Å². The van der Waals surface area contributed by atoms with Crippen molar-refractivity contribution in [3.8, 4) is 0 Å². The minimum absolute atomic E-state index is 0.0183. The summed E-state index contributed by atoms with van der Waals surface area (Å²) in [5.74, 6) is -0.460. The third-order valence-corrected chi connectivity index (χ3v) is 4.69. The summed E-state index contributed by atoms with van der Waals surface area (Å²) in [7, 11) is 0. The molecule has 0 aliphatic heterocycles. The van der Waals surface area contributed by atoms with Gasteiger partial charge in [0, 0.05) is 9.86 Å². The highest BCUT2D eigenvalue weighted by Gasteiger charge is 2.17. The Morgan fingerprint density at radius 2 is 1.83 bits per heavy atom. The largest absolute Gasteiger partial charge is 0.421 e. The van der Waals surface area contributed by atoms with Crippen LogP contribution in [0.15, 0.2) is 66.7 Å². The van der Waals surface area contributed by atoms with Gasteiger partial charge in [-0.05, 0) is 46.6 Å². The maximum absolute atomic E-state index is 12.5. The Bertz CT molecular complexity index is 967. The summed E-state index contributed by atoms with van der Waals surface area (Å²) in [5, 5.41) is 3.49. The molecule has 4 nitrogen and oxygen atoms in total. The molecule has 1 heterocycles. The van der Waals surface area contributed by atoms with Crippen LogP contribution >= 0.6 is 31.9 Å². The van der Waals surface area contributed by atoms with E-state index in [4.69, 9.17) is 4.42 Å². The second-order valence-corrected chi connectivity index (χ2v) is 7.13. The van der Waals surface area contributed by atoms with Crippen molar-refractivity contribution < 1.29 is 9.21 Å². The summed E-state index contributed by atoms with van der Waals surface area (Å²) >= 11 is 6.74. The Balaban J connectivity index is 1.95. The summed E-state index contributed by atoms with van der Waals surface area (Å²) in [4.78, 5) is 24.6. The molecule has 0 fully saturated rings. The molecule has 1 atom stereocenters. The van der Waals surface area contributed by atoms with Gasteiger partial charge in [0.25, 0.3) is 5.91 Å². The first-order valence-electron chi connectivity index (χ1n) is 7.24. The maximum atomic E-state index is 12.5. The lowest BCUT2D eigenvalue weighted by Crippen LogP contribution is -2.30. The van der Waals surface area contributed by atoms with Crippen LogP contribution in [0.5, 0.6) is 0 Å². The van der Waals surface area contributed by atoms with Crippen LogP contribution in [0.25, 0.3) is 11.0 Å². The predicted octanol–water partition coefficient (Wildman–Crippen LogP) is 4.81. The van der Waals surface area contributed by atoms with Crippen LogP contribution in [0.3, 0.4) is 0 Å². The smallest absolute Gasteiger partial charge is 0.349 e. The highest BCUT2D eigenvalue weighted by atomic mass is 79.9. The van der Waals surface area contributed by atoms with Crippen molar-refractivity contribution in [2.45, 2.75) is 13.0 Å². The molecule has 3 rings (SSSR count). The third-order valence-electron chi connectivity index (χ3n) is 3.64. The lowest BCUT2D eigenvalue weighted by atomic mass is 10.1. The fourth-order valence-electron chi connectivity index (χ4n) is 2.41. The van der Waals surface area contributed by atoms with Crippen molar-refractivity contribution >= 4 is 48.7 Å². The molecule has 6 heteroatoms. The molecule has 0 saturated heterocycles. The molecule has 0 spiro atoms. The van der Waals surface area contributed by atoms with E-state index >= 15 is 0 Å². The molecule has 1 N–H and O–H groups in total. The average Bonchev–Trinajstić information content (AvgIpc) is 2.55. The van der Waals surface area contributed by atoms with Gasteiger partial charge >= 0.3 is 5.63 Å². The second kappa shape index (κ2) is 6.91. The lowest BCUT2D eigenvalue weighted by molar-refractivity contribution is 0.0936. The highest BCUT2D eigenvalue weighted by Crippen LogP contribution is 2.28. The van der Waals surface area contributed by atoms with Crippen LogP contribution in [0.1, 0.15) is 28.9 Å². The molecule has 0 saturated carbocycles. The molecule has 1 amide bonds. The van der Waals surface area contributed by atoms with Gasteiger partial charge < -0.3 is 9.73 Å². The number of halogens is 2. The first-order valence-corrected chi connectivity index (χ1v) is 8.83. The Morgan fingerprint density at radius 1 is 1.12 bits per heavy atom. The number of amides is 1. The molecule has 0 aliphatic carbocycles. The zero-order valence-corrected chi connectivity index (χ0v) is 15.8. The summed E-state index contributed by atoms with van der Waals surface area (Å²) in [6.07, 6.45) is 0. The number of hydrogen-bond acceptors (Lipinski definition) is 3. The van der Waals surface area contributed by atoms with Gasteiger partial charge in [0.1, 0.15) is 5.56 Å². The molecule has 0 aliphatic rings. The monoisotopic (exact) mass is 449 g/mol. The molecular formula is C18H13Br2NO3. The van der Waals surface area contributed by atoms with Gasteiger partial charge in [-0.15, -0.1) is 0 Å². The summed E-state index contributed by atoms with van der Waals surface area (Å²) < 4.78 is 6.77. The van der Waals surface area contributed by atoms with E-state index in [1.165, 1.54) is 0 Å². The molecule has 24 heavy (non-hydrogen) atoms. The van der Waals surface area contributed by atoms with E-state index in [1.54, 1.807) is 18.2 Å². The van der Waals surface area contributed by atoms with Crippen LogP contribution in [0.4, 0.5) is 0 Å². The minimum atomic E-state index is -0.664. The fraction of sp³-hybridized carbons (Fsp3) is 0.111. The normalized spacial score (nSPS) is 12.1. The number of rotatable bonds is 3. The number of carbonyl (C=O) groups is 1. The fourth-order valence-corrected chi connectivity index (χ4v) is 3.75. The molecule has 0 unspecified atom stereocenters. The predicted molar refractivity (Wildman–Crippen MR) is 100 cm³/mol. The van der Waals surface area contributed by atoms with Gasteiger partial charge in [-0.25, -0.2) is 4.79 Å². The maximum Gasteiger partial charge on any atom is 0.349 e. The van der Waals surface area contributed by atoms with Gasteiger partial charge in [0.2, 0.25) is 0 Å². The summed E-state index contributed by atoms with van der Waals surface area (Å²) in [6.45, 7) is 1.86. The average molecular weight is 451 g/mol. The number of carbonyl (C=O) groups excluding carboxylic acids is 1. The van der Waals surface area contributed by atoms with E-state index in [-0.39, 0.29) is 11.6 Å². The molecule has 122 valence electrons. The van der Waals surface area contributed by atoms with E-state index < -0.39 is 11.5 Å². The molecular weight excluding hydrogens is 438 g/mol. The lowest BCUT2D eigenvalue weighted by Gasteiger charge is -2.14. The zero-order chi connectivity index (χ0) is 17.3. The Labute approximate surface area is 155 Å². The number of nitrogens with one attached hydrogen (secondary N) is 1. The van der Waals surface area contributed by atoms with Crippen molar-refractivity contribution in [1.82, 2.24) is 5.32 Å². The van der Waals surface area contributed by atoms with Crippen molar-refractivity contribution in [2.75, 3.05) is 0 Å². The molecule has 1 aromatic heterocycles. The molecule has 2 aromatic carbocycles. The number of benzene rings is 2.